The molecule has 10 heteroatoms. The largest absolute Gasteiger partial charge is 0.491 e. The fraction of sp³-hybridized carbons (Fsp3) is 0.250. The molecule has 1 aliphatic rings. The van der Waals surface area contributed by atoms with Gasteiger partial charge in [-0.1, -0.05) is 0 Å². The van der Waals surface area contributed by atoms with Crippen molar-refractivity contribution < 1.29 is 4.74 Å². The van der Waals surface area contributed by atoms with Gasteiger partial charge in [0.1, 0.15) is 29.2 Å². The Bertz CT molecular complexity index is 1740. The second-order valence-electron chi connectivity index (χ2n) is 9.67. The van der Waals surface area contributed by atoms with Crippen molar-refractivity contribution in [3.8, 4) is 34.1 Å². The fourth-order valence-corrected chi connectivity index (χ4v) is 5.10. The average molecular weight is 506 g/mol. The molecule has 6 aromatic rings. The summed E-state index contributed by atoms with van der Waals surface area (Å²) in [6.45, 7) is 5.89. The summed E-state index contributed by atoms with van der Waals surface area (Å²) in [5, 5.41) is 8.68. The van der Waals surface area contributed by atoms with Crippen molar-refractivity contribution >= 4 is 22.1 Å². The maximum Gasteiger partial charge on any atom is 0.139 e. The highest BCUT2D eigenvalue weighted by Gasteiger charge is 2.16. The summed E-state index contributed by atoms with van der Waals surface area (Å²) in [5.74, 6) is 0.750. The van der Waals surface area contributed by atoms with E-state index in [4.69, 9.17) is 9.72 Å². The molecule has 0 aliphatic carbocycles. The number of aryl methyl sites for hydroxylation is 1. The van der Waals surface area contributed by atoms with Gasteiger partial charge in [-0.3, -0.25) is 15.0 Å². The number of imidazole rings is 1. The van der Waals surface area contributed by atoms with Crippen LogP contribution >= 0.6 is 0 Å². The number of nitrogens with zero attached hydrogens (tertiary/aromatic N) is 7. The third-order valence-electron chi connectivity index (χ3n) is 7.05. The van der Waals surface area contributed by atoms with Crippen LogP contribution in [-0.2, 0) is 0 Å². The van der Waals surface area contributed by atoms with Gasteiger partial charge in [-0.2, -0.15) is 5.10 Å². The fourth-order valence-electron chi connectivity index (χ4n) is 5.10. The standard InChI is InChI=1S/C28H27N9O/c1-18-16-37(17-31-18)25-6-7-30-28-21(25)13-24(33-28)27-26-23(34-35-27)5-4-22(32-26)19-12-20(15-29-14-19)38-11-10-36-8-2-3-9-36/h4-7,12-17H,2-3,8-11H2,1H3,(H,30,33)(H,34,35). The Morgan fingerprint density at radius 3 is 2.84 bits per heavy atom. The van der Waals surface area contributed by atoms with Gasteiger partial charge in [-0.05, 0) is 63.2 Å². The van der Waals surface area contributed by atoms with E-state index in [1.165, 1.54) is 12.8 Å². The summed E-state index contributed by atoms with van der Waals surface area (Å²) in [6.07, 6.45) is 11.7. The molecule has 0 saturated carbocycles. The first-order chi connectivity index (χ1) is 18.7. The van der Waals surface area contributed by atoms with Gasteiger partial charge in [0.2, 0.25) is 0 Å². The molecule has 1 saturated heterocycles. The van der Waals surface area contributed by atoms with E-state index >= 15 is 0 Å². The average Bonchev–Trinajstić information content (AvgIpc) is 3.74. The summed E-state index contributed by atoms with van der Waals surface area (Å²) < 4.78 is 8.01. The van der Waals surface area contributed by atoms with E-state index in [-0.39, 0.29) is 0 Å². The lowest BCUT2D eigenvalue weighted by atomic mass is 10.1. The number of hydrogen-bond donors (Lipinski definition) is 2. The quantitative estimate of drug-likeness (QED) is 0.328. The van der Waals surface area contributed by atoms with E-state index in [0.29, 0.717) is 6.61 Å². The van der Waals surface area contributed by atoms with Crippen molar-refractivity contribution in [3.05, 3.63) is 67.1 Å². The molecule has 1 aliphatic heterocycles. The molecule has 0 amide bonds. The van der Waals surface area contributed by atoms with Crippen LogP contribution < -0.4 is 4.74 Å². The molecule has 1 fully saturated rings. The first-order valence-corrected chi connectivity index (χ1v) is 12.9. The van der Waals surface area contributed by atoms with Gasteiger partial charge in [-0.15, -0.1) is 0 Å². The van der Waals surface area contributed by atoms with Gasteiger partial charge in [0.25, 0.3) is 0 Å². The summed E-state index contributed by atoms with van der Waals surface area (Å²) in [7, 11) is 0. The van der Waals surface area contributed by atoms with Crippen molar-refractivity contribution in [2.45, 2.75) is 19.8 Å². The SMILES string of the molecule is Cc1cn(-c2ccnc3[nH]c(-c4n[nH]c5ccc(-c6cncc(OCCN7CCCC7)c6)nc45)cc23)cn1. The van der Waals surface area contributed by atoms with Crippen molar-refractivity contribution in [3.63, 3.8) is 0 Å². The molecule has 0 radical (unpaired) electrons. The van der Waals surface area contributed by atoms with Gasteiger partial charge in [0.05, 0.1) is 40.8 Å². The Morgan fingerprint density at radius 2 is 1.97 bits per heavy atom. The van der Waals surface area contributed by atoms with Crippen LogP contribution in [0, 0.1) is 6.92 Å². The highest BCUT2D eigenvalue weighted by molar-refractivity contribution is 5.95. The monoisotopic (exact) mass is 505 g/mol. The number of aromatic amines is 2. The Kier molecular flexibility index (Phi) is 5.58. The molecule has 38 heavy (non-hydrogen) atoms. The zero-order valence-electron chi connectivity index (χ0n) is 21.1. The Morgan fingerprint density at radius 1 is 1.05 bits per heavy atom. The van der Waals surface area contributed by atoms with E-state index in [2.05, 4.69) is 41.1 Å². The predicted molar refractivity (Wildman–Crippen MR) is 145 cm³/mol. The topological polar surface area (TPSA) is 113 Å². The molecule has 190 valence electrons. The van der Waals surface area contributed by atoms with Crippen LogP contribution in [0.15, 0.2) is 61.4 Å². The van der Waals surface area contributed by atoms with Crippen molar-refractivity contribution in [2.75, 3.05) is 26.2 Å². The number of pyridine rings is 3. The Labute approximate surface area is 218 Å². The van der Waals surface area contributed by atoms with Crippen LogP contribution in [0.25, 0.3) is 50.4 Å². The molecule has 7 rings (SSSR count). The Balaban J connectivity index is 1.20. The van der Waals surface area contributed by atoms with Crippen molar-refractivity contribution in [1.82, 2.24) is 44.6 Å². The minimum Gasteiger partial charge on any atom is -0.491 e. The number of likely N-dealkylation sites (tertiary alicyclic amines) is 1. The van der Waals surface area contributed by atoms with Crippen LogP contribution in [0.4, 0.5) is 0 Å². The van der Waals surface area contributed by atoms with Gasteiger partial charge >= 0.3 is 0 Å². The van der Waals surface area contributed by atoms with Crippen LogP contribution in [-0.4, -0.2) is 70.8 Å². The molecular weight excluding hydrogens is 478 g/mol. The minimum absolute atomic E-state index is 0.651. The lowest BCUT2D eigenvalue weighted by molar-refractivity contribution is 0.237. The third kappa shape index (κ3) is 4.18. The highest BCUT2D eigenvalue weighted by atomic mass is 16.5. The molecule has 0 atom stereocenters. The molecular formula is C28H27N9O. The second-order valence-corrected chi connectivity index (χ2v) is 9.67. The van der Waals surface area contributed by atoms with Gasteiger partial charge in [0, 0.05) is 36.1 Å². The maximum absolute atomic E-state index is 6.01. The zero-order valence-corrected chi connectivity index (χ0v) is 21.1. The van der Waals surface area contributed by atoms with Crippen molar-refractivity contribution in [1.29, 1.82) is 0 Å². The van der Waals surface area contributed by atoms with Gasteiger partial charge in [0.15, 0.2) is 0 Å². The van der Waals surface area contributed by atoms with E-state index in [1.54, 1.807) is 12.4 Å². The normalized spacial score (nSPS) is 14.1. The number of rotatable bonds is 7. The molecule has 7 heterocycles. The number of nitrogens with one attached hydrogen (secondary N) is 2. The summed E-state index contributed by atoms with van der Waals surface area (Å²) in [5.41, 5.74) is 7.63. The molecule has 2 N–H and O–H groups in total. The predicted octanol–water partition coefficient (Wildman–Crippen LogP) is 4.53. The molecule has 0 aromatic carbocycles. The maximum atomic E-state index is 6.01. The molecule has 6 aromatic heterocycles. The first kappa shape index (κ1) is 22.6. The Hall–Kier alpha value is -4.57. The lowest BCUT2D eigenvalue weighted by Crippen LogP contribution is -2.25. The molecule has 0 unspecified atom stereocenters. The van der Waals surface area contributed by atoms with Crippen molar-refractivity contribution in [2.24, 2.45) is 0 Å². The lowest BCUT2D eigenvalue weighted by Gasteiger charge is -2.15. The van der Waals surface area contributed by atoms with Crippen LogP contribution in [0.1, 0.15) is 18.5 Å². The number of aromatic nitrogens is 8. The van der Waals surface area contributed by atoms with Gasteiger partial charge < -0.3 is 14.3 Å². The third-order valence-corrected chi connectivity index (χ3v) is 7.05. The van der Waals surface area contributed by atoms with E-state index in [1.807, 2.05) is 54.5 Å². The van der Waals surface area contributed by atoms with E-state index in [9.17, 15) is 0 Å². The van der Waals surface area contributed by atoms with E-state index < -0.39 is 0 Å². The number of fused-ring (bicyclic) bond motifs is 2. The molecule has 10 nitrogen and oxygen atoms in total. The number of hydrogen-bond acceptors (Lipinski definition) is 7. The first-order valence-electron chi connectivity index (χ1n) is 12.9. The molecule has 0 spiro atoms. The highest BCUT2D eigenvalue weighted by Crippen LogP contribution is 2.31. The smallest absolute Gasteiger partial charge is 0.139 e. The zero-order chi connectivity index (χ0) is 25.5. The van der Waals surface area contributed by atoms with E-state index in [0.717, 1.165) is 81.5 Å². The number of ether oxygens (including phenoxy) is 1. The minimum atomic E-state index is 0.651. The van der Waals surface area contributed by atoms with Crippen LogP contribution in [0.3, 0.4) is 0 Å². The van der Waals surface area contributed by atoms with Crippen LogP contribution in [0.5, 0.6) is 5.75 Å². The number of H-pyrrole nitrogens is 2. The molecule has 0 bridgehead atoms. The summed E-state index contributed by atoms with van der Waals surface area (Å²) >= 11 is 0. The summed E-state index contributed by atoms with van der Waals surface area (Å²) in [6, 6.07) is 10.0. The van der Waals surface area contributed by atoms with Gasteiger partial charge in [-0.25, -0.2) is 15.0 Å². The van der Waals surface area contributed by atoms with Crippen LogP contribution in [0.2, 0.25) is 0 Å². The second kappa shape index (κ2) is 9.38. The summed E-state index contributed by atoms with van der Waals surface area (Å²) in [4.78, 5) is 24.1.